The summed E-state index contributed by atoms with van der Waals surface area (Å²) in [5.41, 5.74) is 4.43. The molecule has 0 fully saturated rings. The number of ether oxygens (including phenoxy) is 4. The summed E-state index contributed by atoms with van der Waals surface area (Å²) in [5.74, 6) is -1.27. The van der Waals surface area contributed by atoms with Crippen LogP contribution < -0.4 is 29.8 Å². The van der Waals surface area contributed by atoms with E-state index in [0.29, 0.717) is 17.2 Å². The molecule has 3 N–H and O–H groups in total. The van der Waals surface area contributed by atoms with Crippen molar-refractivity contribution in [3.05, 3.63) is 48.0 Å². The topological polar surface area (TPSA) is 158 Å². The highest BCUT2D eigenvalue weighted by atomic mass is 32.2. The number of sulfonamides is 1. The molecule has 2 aromatic rings. The molecule has 12 nitrogen and oxygen atoms in total. The summed E-state index contributed by atoms with van der Waals surface area (Å²) in [6.07, 6.45) is 0. The zero-order valence-corrected chi connectivity index (χ0v) is 19.7. The highest BCUT2D eigenvalue weighted by Crippen LogP contribution is 2.27. The summed E-state index contributed by atoms with van der Waals surface area (Å²) in [6.45, 7) is 0.514. The van der Waals surface area contributed by atoms with Gasteiger partial charge in [0.15, 0.2) is 18.1 Å². The van der Waals surface area contributed by atoms with Crippen LogP contribution in [0.1, 0.15) is 17.3 Å². The highest BCUT2D eigenvalue weighted by Gasteiger charge is 2.24. The molecule has 34 heavy (non-hydrogen) atoms. The molecule has 0 saturated carbocycles. The first kappa shape index (κ1) is 26.4. The first-order chi connectivity index (χ1) is 16.1. The summed E-state index contributed by atoms with van der Waals surface area (Å²) >= 11 is 0. The van der Waals surface area contributed by atoms with Crippen LogP contribution in [-0.2, 0) is 24.3 Å². The van der Waals surface area contributed by atoms with Crippen molar-refractivity contribution in [2.75, 3.05) is 27.9 Å². The maximum absolute atomic E-state index is 12.4. The molecule has 1 unspecified atom stereocenters. The quantitative estimate of drug-likeness (QED) is 0.313. The number of benzene rings is 2. The number of hydrazine groups is 1. The van der Waals surface area contributed by atoms with Crippen LogP contribution >= 0.6 is 0 Å². The number of carbonyl (C=O) groups is 3. The van der Waals surface area contributed by atoms with Crippen LogP contribution in [0.4, 0.5) is 0 Å². The van der Waals surface area contributed by atoms with Gasteiger partial charge in [-0.05, 0) is 49.4 Å². The Morgan fingerprint density at radius 1 is 0.882 bits per heavy atom. The summed E-state index contributed by atoms with van der Waals surface area (Å²) in [7, 11) is 0.287. The molecular formula is C21H25N3O9S. The van der Waals surface area contributed by atoms with Gasteiger partial charge in [-0.1, -0.05) is 0 Å². The third-order valence-corrected chi connectivity index (χ3v) is 5.92. The molecule has 2 aromatic carbocycles. The Morgan fingerprint density at radius 2 is 1.53 bits per heavy atom. The number of hydrogen-bond acceptors (Lipinski definition) is 9. The lowest BCUT2D eigenvalue weighted by Gasteiger charge is -2.14. The minimum absolute atomic E-state index is 0.0800. The number of methoxy groups -OCH3 is 3. The van der Waals surface area contributed by atoms with Gasteiger partial charge < -0.3 is 18.9 Å². The summed E-state index contributed by atoms with van der Waals surface area (Å²) < 4.78 is 46.9. The zero-order chi connectivity index (χ0) is 25.3. The van der Waals surface area contributed by atoms with E-state index in [1.165, 1.54) is 70.7 Å². The van der Waals surface area contributed by atoms with Gasteiger partial charge >= 0.3 is 5.97 Å². The molecule has 0 aliphatic heterocycles. The van der Waals surface area contributed by atoms with Gasteiger partial charge in [0, 0.05) is 5.56 Å². The van der Waals surface area contributed by atoms with E-state index in [-0.39, 0.29) is 10.5 Å². The van der Waals surface area contributed by atoms with E-state index in [9.17, 15) is 22.8 Å². The lowest BCUT2D eigenvalue weighted by atomic mass is 10.2. The summed E-state index contributed by atoms with van der Waals surface area (Å²) in [4.78, 5) is 36.1. The Hall–Kier alpha value is -3.84. The average Bonchev–Trinajstić information content (AvgIpc) is 2.84. The van der Waals surface area contributed by atoms with E-state index < -0.39 is 40.5 Å². The maximum atomic E-state index is 12.4. The second-order valence-corrected chi connectivity index (χ2v) is 8.41. The SMILES string of the molecule is COc1ccc(S(=O)(=O)NC(C)C(=O)OCC(=O)NNC(=O)c2ccc(OC)c(OC)c2)cc1. The Kier molecular flexibility index (Phi) is 9.21. The molecule has 0 aromatic heterocycles. The van der Waals surface area contributed by atoms with Crippen molar-refractivity contribution in [1.82, 2.24) is 15.6 Å². The second kappa shape index (κ2) is 11.9. The van der Waals surface area contributed by atoms with Crippen molar-refractivity contribution in [3.63, 3.8) is 0 Å². The van der Waals surface area contributed by atoms with E-state index in [1.54, 1.807) is 0 Å². The molecule has 184 valence electrons. The fourth-order valence-electron chi connectivity index (χ4n) is 2.58. The van der Waals surface area contributed by atoms with Crippen molar-refractivity contribution in [2.24, 2.45) is 0 Å². The fourth-order valence-corrected chi connectivity index (χ4v) is 3.77. The number of hydrogen-bond donors (Lipinski definition) is 3. The largest absolute Gasteiger partial charge is 0.497 e. The van der Waals surface area contributed by atoms with Crippen molar-refractivity contribution >= 4 is 27.8 Å². The van der Waals surface area contributed by atoms with E-state index in [0.717, 1.165) is 0 Å². The lowest BCUT2D eigenvalue weighted by molar-refractivity contribution is -0.149. The van der Waals surface area contributed by atoms with E-state index in [1.807, 2.05) is 0 Å². The third-order valence-electron chi connectivity index (χ3n) is 4.36. The molecule has 0 aliphatic rings. The molecule has 0 bridgehead atoms. The second-order valence-electron chi connectivity index (χ2n) is 6.70. The summed E-state index contributed by atoms with van der Waals surface area (Å²) in [6, 6.07) is 8.65. The van der Waals surface area contributed by atoms with Crippen LogP contribution in [-0.4, -0.2) is 60.2 Å². The smallest absolute Gasteiger partial charge is 0.324 e. The predicted molar refractivity (Wildman–Crippen MR) is 119 cm³/mol. The van der Waals surface area contributed by atoms with Gasteiger partial charge in [-0.25, -0.2) is 8.42 Å². The molecule has 0 radical (unpaired) electrons. The predicted octanol–water partition coefficient (Wildman–Crippen LogP) is 0.384. The number of amides is 2. The van der Waals surface area contributed by atoms with Crippen LogP contribution in [0.15, 0.2) is 47.4 Å². The van der Waals surface area contributed by atoms with Crippen molar-refractivity contribution in [3.8, 4) is 17.2 Å². The van der Waals surface area contributed by atoms with Crippen LogP contribution in [0.2, 0.25) is 0 Å². The van der Waals surface area contributed by atoms with Gasteiger partial charge in [0.25, 0.3) is 11.8 Å². The first-order valence-corrected chi connectivity index (χ1v) is 11.2. The Bertz CT molecular complexity index is 1130. The van der Waals surface area contributed by atoms with Crippen molar-refractivity contribution in [2.45, 2.75) is 17.9 Å². The van der Waals surface area contributed by atoms with Gasteiger partial charge in [0.05, 0.1) is 26.2 Å². The fraction of sp³-hybridized carbons (Fsp3) is 0.286. The molecule has 13 heteroatoms. The Labute approximate surface area is 196 Å². The average molecular weight is 496 g/mol. The molecule has 1 atom stereocenters. The molecule has 0 saturated heterocycles. The highest BCUT2D eigenvalue weighted by molar-refractivity contribution is 7.89. The van der Waals surface area contributed by atoms with Gasteiger partial charge in [0.1, 0.15) is 11.8 Å². The van der Waals surface area contributed by atoms with Crippen LogP contribution in [0.25, 0.3) is 0 Å². The minimum atomic E-state index is -4.01. The van der Waals surface area contributed by atoms with Gasteiger partial charge in [0.2, 0.25) is 10.0 Å². The number of carbonyl (C=O) groups excluding carboxylic acids is 3. The van der Waals surface area contributed by atoms with E-state index in [4.69, 9.17) is 18.9 Å². The number of rotatable bonds is 10. The molecular weight excluding hydrogens is 470 g/mol. The standard InChI is InChI=1S/C21H25N3O9S/c1-13(24-34(28,29)16-8-6-15(30-2)7-9-16)21(27)33-12-19(25)22-23-20(26)14-5-10-17(31-3)18(11-14)32-4/h5-11,13,24H,12H2,1-4H3,(H,22,25)(H,23,26). The maximum Gasteiger partial charge on any atom is 0.324 e. The first-order valence-electron chi connectivity index (χ1n) is 9.75. The van der Waals surface area contributed by atoms with E-state index in [2.05, 4.69) is 15.6 Å². The van der Waals surface area contributed by atoms with Crippen molar-refractivity contribution in [1.29, 1.82) is 0 Å². The van der Waals surface area contributed by atoms with Gasteiger partial charge in [-0.3, -0.25) is 25.2 Å². The number of esters is 1. The van der Waals surface area contributed by atoms with Gasteiger partial charge in [-0.15, -0.1) is 0 Å². The Balaban J connectivity index is 1.83. The van der Waals surface area contributed by atoms with Crippen molar-refractivity contribution < 1.29 is 41.7 Å². The van der Waals surface area contributed by atoms with Crippen LogP contribution in [0.5, 0.6) is 17.2 Å². The molecule has 0 heterocycles. The van der Waals surface area contributed by atoms with Crippen LogP contribution in [0.3, 0.4) is 0 Å². The molecule has 2 rings (SSSR count). The van der Waals surface area contributed by atoms with Gasteiger partial charge in [-0.2, -0.15) is 4.72 Å². The molecule has 0 aliphatic carbocycles. The monoisotopic (exact) mass is 495 g/mol. The lowest BCUT2D eigenvalue weighted by Crippen LogP contribution is -2.45. The third kappa shape index (κ3) is 7.08. The molecule has 0 spiro atoms. The summed E-state index contributed by atoms with van der Waals surface area (Å²) in [5, 5.41) is 0. The minimum Gasteiger partial charge on any atom is -0.497 e. The normalized spacial score (nSPS) is 11.6. The Morgan fingerprint density at radius 3 is 2.12 bits per heavy atom. The number of nitrogens with one attached hydrogen (secondary N) is 3. The van der Waals surface area contributed by atoms with Crippen LogP contribution in [0, 0.1) is 0 Å². The zero-order valence-electron chi connectivity index (χ0n) is 18.9. The van der Waals surface area contributed by atoms with E-state index >= 15 is 0 Å². The molecule has 2 amide bonds.